The molecular formula is C25H26F6N4O. The van der Waals surface area contributed by atoms with Crippen LogP contribution < -0.4 is 0 Å². The highest BCUT2D eigenvalue weighted by molar-refractivity contribution is 5.64. The van der Waals surface area contributed by atoms with Crippen LogP contribution >= 0.6 is 0 Å². The predicted molar refractivity (Wildman–Crippen MR) is 122 cm³/mol. The van der Waals surface area contributed by atoms with Gasteiger partial charge in [0.15, 0.2) is 0 Å². The van der Waals surface area contributed by atoms with E-state index in [2.05, 4.69) is 14.8 Å². The molecule has 1 fully saturated rings. The van der Waals surface area contributed by atoms with Gasteiger partial charge in [0.25, 0.3) is 5.60 Å². The number of nitrogens with zero attached hydrogens (tertiary/aromatic N) is 4. The summed E-state index contributed by atoms with van der Waals surface area (Å²) in [5.74, 6) is 0. The van der Waals surface area contributed by atoms with Crippen molar-refractivity contribution in [2.45, 2.75) is 31.0 Å². The summed E-state index contributed by atoms with van der Waals surface area (Å²) in [6, 6.07) is 11.0. The van der Waals surface area contributed by atoms with Gasteiger partial charge in [-0.1, -0.05) is 48.5 Å². The van der Waals surface area contributed by atoms with Crippen molar-refractivity contribution in [2.75, 3.05) is 26.2 Å². The molecule has 2 aromatic carbocycles. The van der Waals surface area contributed by atoms with Crippen LogP contribution in [0.5, 0.6) is 0 Å². The first-order valence-corrected chi connectivity index (χ1v) is 11.3. The van der Waals surface area contributed by atoms with Crippen LogP contribution in [0.2, 0.25) is 0 Å². The molecule has 1 saturated heterocycles. The van der Waals surface area contributed by atoms with Gasteiger partial charge in [0.05, 0.1) is 12.0 Å². The van der Waals surface area contributed by atoms with Gasteiger partial charge >= 0.3 is 12.4 Å². The standard InChI is InChI=1S/C25H26F6N4O/c1-33-17-32-14-22(33)16-35-12-10-34(11-13-35)15-18-2-4-19(5-3-18)20-6-8-21(9-7-20)23(36,24(26,27)28)25(29,30)31/h2-9,14,17,36H,10-13,15-16H2,1H3. The second kappa shape index (κ2) is 9.87. The van der Waals surface area contributed by atoms with Crippen LogP contribution in [-0.2, 0) is 25.7 Å². The number of hydrogen-bond acceptors (Lipinski definition) is 4. The summed E-state index contributed by atoms with van der Waals surface area (Å²) in [6.07, 6.45) is -8.15. The maximum atomic E-state index is 13.1. The molecule has 11 heteroatoms. The van der Waals surface area contributed by atoms with E-state index in [0.29, 0.717) is 23.3 Å². The number of rotatable bonds is 6. The van der Waals surface area contributed by atoms with Gasteiger partial charge in [0.1, 0.15) is 0 Å². The molecule has 4 rings (SSSR count). The number of aliphatic hydroxyl groups is 1. The van der Waals surface area contributed by atoms with Crippen LogP contribution in [0.4, 0.5) is 26.3 Å². The van der Waals surface area contributed by atoms with E-state index in [1.165, 1.54) is 0 Å². The average molecular weight is 512 g/mol. The zero-order chi connectivity index (χ0) is 26.1. The molecule has 1 aromatic heterocycles. The van der Waals surface area contributed by atoms with Gasteiger partial charge < -0.3 is 9.67 Å². The Balaban J connectivity index is 1.37. The third-order valence-corrected chi connectivity index (χ3v) is 6.58. The lowest BCUT2D eigenvalue weighted by Gasteiger charge is -2.34. The lowest BCUT2D eigenvalue weighted by molar-refractivity contribution is -0.376. The van der Waals surface area contributed by atoms with Crippen molar-refractivity contribution in [2.24, 2.45) is 7.05 Å². The fourth-order valence-corrected chi connectivity index (χ4v) is 4.32. The van der Waals surface area contributed by atoms with E-state index >= 15 is 0 Å². The van der Waals surface area contributed by atoms with Crippen molar-refractivity contribution >= 4 is 0 Å². The van der Waals surface area contributed by atoms with Gasteiger partial charge in [0.2, 0.25) is 0 Å². The number of piperazine rings is 1. The quantitative estimate of drug-likeness (QED) is 0.486. The first kappa shape index (κ1) is 26.2. The van der Waals surface area contributed by atoms with Crippen molar-refractivity contribution in [3.05, 3.63) is 77.9 Å². The van der Waals surface area contributed by atoms with Crippen LogP contribution in [0, 0.1) is 0 Å². The van der Waals surface area contributed by atoms with Crippen molar-refractivity contribution in [1.29, 1.82) is 0 Å². The SMILES string of the molecule is Cn1cncc1CN1CCN(Cc2ccc(-c3ccc(C(O)(C(F)(F)F)C(F)(F)F)cc3)cc2)CC1. The molecule has 0 amide bonds. The number of halogens is 6. The van der Waals surface area contributed by atoms with Gasteiger partial charge in [-0.15, -0.1) is 0 Å². The zero-order valence-electron chi connectivity index (χ0n) is 19.5. The molecule has 0 atom stereocenters. The van der Waals surface area contributed by atoms with E-state index in [-0.39, 0.29) is 0 Å². The van der Waals surface area contributed by atoms with Crippen LogP contribution in [-0.4, -0.2) is 63.0 Å². The molecule has 2 heterocycles. The minimum absolute atomic E-state index is 0.445. The normalized spacial score (nSPS) is 16.4. The first-order chi connectivity index (χ1) is 16.9. The Morgan fingerprint density at radius 3 is 1.67 bits per heavy atom. The van der Waals surface area contributed by atoms with E-state index < -0.39 is 23.5 Å². The lowest BCUT2D eigenvalue weighted by atomic mass is 9.90. The van der Waals surface area contributed by atoms with Gasteiger partial charge in [-0.25, -0.2) is 4.98 Å². The van der Waals surface area contributed by atoms with Crippen molar-refractivity contribution in [3.63, 3.8) is 0 Å². The van der Waals surface area contributed by atoms with E-state index in [1.54, 1.807) is 18.5 Å². The molecule has 1 aliphatic heterocycles. The zero-order valence-corrected chi connectivity index (χ0v) is 19.5. The summed E-state index contributed by atoms with van der Waals surface area (Å²) in [6.45, 7) is 5.25. The van der Waals surface area contributed by atoms with Crippen LogP contribution in [0.1, 0.15) is 16.8 Å². The maximum Gasteiger partial charge on any atom is 0.430 e. The number of alkyl halides is 6. The second-order valence-electron chi connectivity index (χ2n) is 9.03. The molecule has 0 radical (unpaired) electrons. The molecule has 194 valence electrons. The Labute approximate surface area is 204 Å². The summed E-state index contributed by atoms with van der Waals surface area (Å²) in [5.41, 5.74) is -2.89. The average Bonchev–Trinajstić information content (AvgIpc) is 3.23. The van der Waals surface area contributed by atoms with E-state index in [1.807, 2.05) is 29.9 Å². The Bertz CT molecular complexity index is 1130. The number of hydrogen-bond donors (Lipinski definition) is 1. The molecule has 1 N–H and O–H groups in total. The van der Waals surface area contributed by atoms with Gasteiger partial charge in [-0.05, 0) is 16.7 Å². The molecule has 1 aliphatic rings. The first-order valence-electron chi connectivity index (χ1n) is 11.3. The fraction of sp³-hybridized carbons (Fsp3) is 0.400. The molecule has 0 bridgehead atoms. The molecule has 5 nitrogen and oxygen atoms in total. The molecule has 0 aliphatic carbocycles. The monoisotopic (exact) mass is 512 g/mol. The highest BCUT2D eigenvalue weighted by Crippen LogP contribution is 2.50. The summed E-state index contributed by atoms with van der Waals surface area (Å²) in [4.78, 5) is 8.85. The largest absolute Gasteiger partial charge is 0.430 e. The van der Waals surface area contributed by atoms with Gasteiger partial charge in [0, 0.05) is 58.1 Å². The fourth-order valence-electron chi connectivity index (χ4n) is 4.32. The number of benzene rings is 2. The second-order valence-corrected chi connectivity index (χ2v) is 9.03. The highest BCUT2D eigenvalue weighted by Gasteiger charge is 2.71. The lowest BCUT2D eigenvalue weighted by Crippen LogP contribution is -2.53. The number of aryl methyl sites for hydroxylation is 1. The molecule has 0 spiro atoms. The van der Waals surface area contributed by atoms with Crippen LogP contribution in [0.3, 0.4) is 0 Å². The van der Waals surface area contributed by atoms with Gasteiger partial charge in [-0.2, -0.15) is 26.3 Å². The van der Waals surface area contributed by atoms with Crippen molar-refractivity contribution in [3.8, 4) is 11.1 Å². The number of aromatic nitrogens is 2. The van der Waals surface area contributed by atoms with E-state index in [4.69, 9.17) is 0 Å². The minimum atomic E-state index is -5.90. The predicted octanol–water partition coefficient (Wildman–Crippen LogP) is 4.72. The summed E-state index contributed by atoms with van der Waals surface area (Å²) >= 11 is 0. The van der Waals surface area contributed by atoms with Crippen molar-refractivity contribution < 1.29 is 31.4 Å². The Hall–Kier alpha value is -2.89. The highest BCUT2D eigenvalue weighted by atomic mass is 19.4. The van der Waals surface area contributed by atoms with Crippen molar-refractivity contribution in [1.82, 2.24) is 19.4 Å². The smallest absolute Gasteiger partial charge is 0.369 e. The number of imidazole rings is 1. The molecular weight excluding hydrogens is 486 g/mol. The third kappa shape index (κ3) is 5.28. The minimum Gasteiger partial charge on any atom is -0.369 e. The maximum absolute atomic E-state index is 13.1. The Morgan fingerprint density at radius 1 is 0.750 bits per heavy atom. The molecule has 0 unspecified atom stereocenters. The molecule has 36 heavy (non-hydrogen) atoms. The Kier molecular flexibility index (Phi) is 7.18. The summed E-state index contributed by atoms with van der Waals surface area (Å²) in [5, 5.41) is 9.54. The Morgan fingerprint density at radius 2 is 1.22 bits per heavy atom. The van der Waals surface area contributed by atoms with E-state index in [0.717, 1.165) is 62.7 Å². The molecule has 0 saturated carbocycles. The molecule has 3 aromatic rings. The third-order valence-electron chi connectivity index (χ3n) is 6.58. The summed E-state index contributed by atoms with van der Waals surface area (Å²) in [7, 11) is 1.97. The summed E-state index contributed by atoms with van der Waals surface area (Å²) < 4.78 is 80.5. The van der Waals surface area contributed by atoms with Crippen LogP contribution in [0.25, 0.3) is 11.1 Å². The van der Waals surface area contributed by atoms with E-state index in [9.17, 15) is 31.4 Å². The topological polar surface area (TPSA) is 44.5 Å². The van der Waals surface area contributed by atoms with Gasteiger partial charge in [-0.3, -0.25) is 9.80 Å². The van der Waals surface area contributed by atoms with Crippen LogP contribution in [0.15, 0.2) is 61.1 Å².